The molecule has 1 aromatic carbocycles. The smallest absolute Gasteiger partial charge is 0.169 e. The first-order valence-corrected chi connectivity index (χ1v) is 7.79. The predicted octanol–water partition coefficient (Wildman–Crippen LogP) is 3.59. The predicted molar refractivity (Wildman–Crippen MR) is 79.9 cm³/mol. The monoisotopic (exact) mass is 301 g/mol. The summed E-state index contributed by atoms with van der Waals surface area (Å²) in [6.07, 6.45) is 0.896. The van der Waals surface area contributed by atoms with Crippen molar-refractivity contribution in [3.05, 3.63) is 28.8 Å². The average molecular weight is 302 g/mol. The second-order valence-corrected chi connectivity index (χ2v) is 7.09. The molecule has 0 aliphatic carbocycles. The molecule has 0 aliphatic heterocycles. The fourth-order valence-electron chi connectivity index (χ4n) is 1.48. The SMILES string of the molecule is CCCNS(=O)c1ccc(Cl)c(C(=O)C(C)(C)C)c1. The molecule has 0 fully saturated rings. The highest BCUT2D eigenvalue weighted by Gasteiger charge is 2.25. The van der Waals surface area contributed by atoms with Gasteiger partial charge in [0.2, 0.25) is 0 Å². The van der Waals surface area contributed by atoms with Gasteiger partial charge in [0.1, 0.15) is 11.0 Å². The number of nitrogens with one attached hydrogen (secondary N) is 1. The van der Waals surface area contributed by atoms with Gasteiger partial charge in [0.15, 0.2) is 5.78 Å². The molecule has 1 unspecified atom stereocenters. The molecule has 1 N–H and O–H groups in total. The third-order valence-electron chi connectivity index (χ3n) is 2.56. The number of hydrogen-bond donors (Lipinski definition) is 1. The molecule has 0 saturated heterocycles. The van der Waals surface area contributed by atoms with Gasteiger partial charge in [-0.05, 0) is 24.6 Å². The summed E-state index contributed by atoms with van der Waals surface area (Å²) in [6.45, 7) is 8.18. The van der Waals surface area contributed by atoms with Gasteiger partial charge < -0.3 is 0 Å². The van der Waals surface area contributed by atoms with E-state index in [0.717, 1.165) is 6.42 Å². The molecule has 0 aromatic heterocycles. The van der Waals surface area contributed by atoms with Gasteiger partial charge in [-0.1, -0.05) is 39.3 Å². The summed E-state index contributed by atoms with van der Waals surface area (Å²) < 4.78 is 14.9. The number of halogens is 1. The Labute approximate surface area is 122 Å². The van der Waals surface area contributed by atoms with Crippen LogP contribution in [0.5, 0.6) is 0 Å². The van der Waals surface area contributed by atoms with Gasteiger partial charge in [-0.2, -0.15) is 0 Å². The Kier molecular flexibility index (Phi) is 5.71. The number of benzene rings is 1. The summed E-state index contributed by atoms with van der Waals surface area (Å²) in [6, 6.07) is 4.93. The molecule has 0 aliphatic rings. The van der Waals surface area contributed by atoms with E-state index in [1.54, 1.807) is 18.2 Å². The summed E-state index contributed by atoms with van der Waals surface area (Å²) in [5.74, 6) is -0.0492. The van der Waals surface area contributed by atoms with Gasteiger partial charge in [0.05, 0.1) is 9.92 Å². The maximum absolute atomic E-state index is 12.3. The minimum Gasteiger partial charge on any atom is -0.294 e. The quantitative estimate of drug-likeness (QED) is 0.845. The molecule has 19 heavy (non-hydrogen) atoms. The summed E-state index contributed by atoms with van der Waals surface area (Å²) >= 11 is 6.07. The highest BCUT2D eigenvalue weighted by atomic mass is 35.5. The molecule has 1 aromatic rings. The number of carbonyl (C=O) groups excluding carboxylic acids is 1. The van der Waals surface area contributed by atoms with Crippen LogP contribution in [0, 0.1) is 5.41 Å². The van der Waals surface area contributed by atoms with E-state index in [1.165, 1.54) is 0 Å². The molecule has 5 heteroatoms. The van der Waals surface area contributed by atoms with Crippen LogP contribution in [-0.2, 0) is 11.0 Å². The van der Waals surface area contributed by atoms with Crippen molar-refractivity contribution in [2.24, 2.45) is 5.41 Å². The van der Waals surface area contributed by atoms with Crippen LogP contribution in [0.25, 0.3) is 0 Å². The Bertz CT molecular complexity index is 495. The molecule has 1 atom stereocenters. The van der Waals surface area contributed by atoms with E-state index in [4.69, 9.17) is 11.6 Å². The molecule has 0 spiro atoms. The molecular formula is C14H20ClNO2S. The van der Waals surface area contributed by atoms with Gasteiger partial charge in [-0.15, -0.1) is 0 Å². The Morgan fingerprint density at radius 2 is 2.00 bits per heavy atom. The topological polar surface area (TPSA) is 46.2 Å². The summed E-state index contributed by atoms with van der Waals surface area (Å²) in [4.78, 5) is 12.8. The van der Waals surface area contributed by atoms with Gasteiger partial charge in [0, 0.05) is 17.5 Å². The zero-order chi connectivity index (χ0) is 14.6. The fourth-order valence-corrected chi connectivity index (χ4v) is 2.65. The van der Waals surface area contributed by atoms with Crippen LogP contribution in [0.15, 0.2) is 23.1 Å². The number of Topliss-reactive ketones (excluding diaryl/α,β-unsaturated/α-hetero) is 1. The van der Waals surface area contributed by atoms with Crippen molar-refractivity contribution in [3.8, 4) is 0 Å². The molecule has 106 valence electrons. The Morgan fingerprint density at radius 1 is 1.37 bits per heavy atom. The maximum Gasteiger partial charge on any atom is 0.169 e. The van der Waals surface area contributed by atoms with Crippen LogP contribution in [-0.4, -0.2) is 16.5 Å². The number of carbonyl (C=O) groups is 1. The maximum atomic E-state index is 12.3. The lowest BCUT2D eigenvalue weighted by Gasteiger charge is -2.18. The van der Waals surface area contributed by atoms with E-state index in [9.17, 15) is 9.00 Å². The lowest BCUT2D eigenvalue weighted by Crippen LogP contribution is -2.22. The molecule has 1 rings (SSSR count). The van der Waals surface area contributed by atoms with Crippen LogP contribution in [0.3, 0.4) is 0 Å². The average Bonchev–Trinajstić information content (AvgIpc) is 2.34. The van der Waals surface area contributed by atoms with Crippen LogP contribution >= 0.6 is 11.6 Å². The number of rotatable bonds is 5. The van der Waals surface area contributed by atoms with Gasteiger partial charge >= 0.3 is 0 Å². The third kappa shape index (κ3) is 4.41. The first kappa shape index (κ1) is 16.3. The highest BCUT2D eigenvalue weighted by molar-refractivity contribution is 7.83. The van der Waals surface area contributed by atoms with Crippen LogP contribution < -0.4 is 4.72 Å². The van der Waals surface area contributed by atoms with E-state index in [0.29, 0.717) is 22.0 Å². The zero-order valence-electron chi connectivity index (χ0n) is 11.7. The van der Waals surface area contributed by atoms with Crippen molar-refractivity contribution in [1.82, 2.24) is 4.72 Å². The molecule has 0 amide bonds. The summed E-state index contributed by atoms with van der Waals surface area (Å²) in [5.41, 5.74) is -0.0843. The lowest BCUT2D eigenvalue weighted by molar-refractivity contribution is 0.0858. The molecule has 0 bridgehead atoms. The van der Waals surface area contributed by atoms with Crippen LogP contribution in [0.1, 0.15) is 44.5 Å². The normalized spacial score (nSPS) is 13.3. The summed E-state index contributed by atoms with van der Waals surface area (Å²) in [7, 11) is -1.31. The second-order valence-electron chi connectivity index (χ2n) is 5.38. The standard InChI is InChI=1S/C14H20ClNO2S/c1-5-8-16-19(18)10-6-7-12(15)11(9-10)13(17)14(2,3)4/h6-7,9,16H,5,8H2,1-4H3. The molecule has 0 heterocycles. The van der Waals surface area contributed by atoms with E-state index >= 15 is 0 Å². The first-order valence-electron chi connectivity index (χ1n) is 6.27. The molecule has 3 nitrogen and oxygen atoms in total. The number of hydrogen-bond acceptors (Lipinski definition) is 2. The third-order valence-corrected chi connectivity index (χ3v) is 4.04. The van der Waals surface area contributed by atoms with Gasteiger partial charge in [-0.25, -0.2) is 8.93 Å². The Balaban J connectivity index is 3.08. The Morgan fingerprint density at radius 3 is 2.53 bits per heavy atom. The van der Waals surface area contributed by atoms with Crippen molar-refractivity contribution in [2.45, 2.75) is 39.0 Å². The minimum absolute atomic E-state index is 0.0492. The summed E-state index contributed by atoms with van der Waals surface area (Å²) in [5, 5.41) is 0.399. The largest absolute Gasteiger partial charge is 0.294 e. The van der Waals surface area contributed by atoms with Crippen molar-refractivity contribution in [2.75, 3.05) is 6.54 Å². The van der Waals surface area contributed by atoms with Crippen molar-refractivity contribution in [3.63, 3.8) is 0 Å². The minimum atomic E-state index is -1.31. The molecule has 0 saturated carbocycles. The van der Waals surface area contributed by atoms with E-state index < -0.39 is 16.4 Å². The van der Waals surface area contributed by atoms with Crippen molar-refractivity contribution < 1.29 is 9.00 Å². The molecule has 0 radical (unpaired) electrons. The van der Waals surface area contributed by atoms with E-state index in [-0.39, 0.29) is 5.78 Å². The van der Waals surface area contributed by atoms with Crippen LogP contribution in [0.2, 0.25) is 5.02 Å². The van der Waals surface area contributed by atoms with Crippen LogP contribution in [0.4, 0.5) is 0 Å². The highest BCUT2D eigenvalue weighted by Crippen LogP contribution is 2.27. The van der Waals surface area contributed by atoms with Gasteiger partial charge in [0.25, 0.3) is 0 Å². The number of ketones is 1. The Hall–Kier alpha value is -0.710. The zero-order valence-corrected chi connectivity index (χ0v) is 13.3. The van der Waals surface area contributed by atoms with Gasteiger partial charge in [-0.3, -0.25) is 4.79 Å². The second kappa shape index (κ2) is 6.64. The first-order chi connectivity index (χ1) is 8.77. The lowest BCUT2D eigenvalue weighted by atomic mass is 9.86. The molecular weight excluding hydrogens is 282 g/mol. The van der Waals surface area contributed by atoms with E-state index in [1.807, 2.05) is 27.7 Å². The fraction of sp³-hybridized carbons (Fsp3) is 0.500. The van der Waals surface area contributed by atoms with Crippen molar-refractivity contribution >= 4 is 28.4 Å². The van der Waals surface area contributed by atoms with Crippen molar-refractivity contribution in [1.29, 1.82) is 0 Å². The van der Waals surface area contributed by atoms with E-state index in [2.05, 4.69) is 4.72 Å².